The van der Waals surface area contributed by atoms with Crippen LogP contribution in [0.25, 0.3) is 0 Å². The summed E-state index contributed by atoms with van der Waals surface area (Å²) in [6.07, 6.45) is -0.691. The maximum Gasteiger partial charge on any atom is 0.121 e. The maximum atomic E-state index is 9.46. The molecule has 0 fully saturated rings. The summed E-state index contributed by atoms with van der Waals surface area (Å²) in [6.45, 7) is 9.76. The van der Waals surface area contributed by atoms with Crippen LogP contribution in [-0.2, 0) is 6.54 Å². The highest BCUT2D eigenvalue weighted by atomic mass is 79.9. The van der Waals surface area contributed by atoms with Crippen molar-refractivity contribution >= 4 is 15.9 Å². The molecule has 0 aliphatic heterocycles. The van der Waals surface area contributed by atoms with Crippen LogP contribution in [0.4, 0.5) is 0 Å². The molecule has 2 N–H and O–H groups in total. The fraction of sp³-hybridized carbons (Fsp3) is 0.600. The topological polar surface area (TPSA) is 41.5 Å². The van der Waals surface area contributed by atoms with Crippen molar-refractivity contribution in [2.75, 3.05) is 6.54 Å². The van der Waals surface area contributed by atoms with Gasteiger partial charge >= 0.3 is 0 Å². The molecule has 0 spiro atoms. The number of aliphatic hydroxyl groups is 1. The number of aliphatic hydroxyl groups excluding tert-OH is 1. The standard InChI is InChI=1S/C15H24BrNO2/c1-10(2)8-17-9-13-7-14(5-6-15(13)16)19-12(4)11(3)18/h5-7,10-12,17-18H,8-9H2,1-4H3. The molecule has 0 aliphatic carbocycles. The molecule has 19 heavy (non-hydrogen) atoms. The molecule has 0 saturated heterocycles. The summed E-state index contributed by atoms with van der Waals surface area (Å²) in [6, 6.07) is 5.90. The fourth-order valence-electron chi connectivity index (χ4n) is 1.57. The molecule has 108 valence electrons. The number of benzene rings is 1. The number of halogens is 1. The minimum atomic E-state index is -0.480. The van der Waals surface area contributed by atoms with Crippen molar-refractivity contribution in [2.24, 2.45) is 5.92 Å². The minimum Gasteiger partial charge on any atom is -0.488 e. The highest BCUT2D eigenvalue weighted by molar-refractivity contribution is 9.10. The van der Waals surface area contributed by atoms with Crippen LogP contribution in [0.3, 0.4) is 0 Å². The summed E-state index contributed by atoms with van der Waals surface area (Å²) in [5.74, 6) is 1.42. The van der Waals surface area contributed by atoms with Crippen molar-refractivity contribution in [1.82, 2.24) is 5.32 Å². The zero-order chi connectivity index (χ0) is 14.4. The Morgan fingerprint density at radius 3 is 2.53 bits per heavy atom. The average molecular weight is 330 g/mol. The van der Waals surface area contributed by atoms with Gasteiger partial charge in [0.2, 0.25) is 0 Å². The molecule has 0 aliphatic rings. The Morgan fingerprint density at radius 2 is 1.95 bits per heavy atom. The van der Waals surface area contributed by atoms with Gasteiger partial charge in [-0.05, 0) is 50.1 Å². The molecule has 2 unspecified atom stereocenters. The number of hydrogen-bond acceptors (Lipinski definition) is 3. The van der Waals surface area contributed by atoms with Gasteiger partial charge in [-0.15, -0.1) is 0 Å². The summed E-state index contributed by atoms with van der Waals surface area (Å²) in [7, 11) is 0. The van der Waals surface area contributed by atoms with E-state index in [0.717, 1.165) is 28.9 Å². The Hall–Kier alpha value is -0.580. The van der Waals surface area contributed by atoms with Gasteiger partial charge in [0.1, 0.15) is 11.9 Å². The first-order valence-electron chi connectivity index (χ1n) is 6.74. The second kappa shape index (κ2) is 7.88. The third kappa shape index (κ3) is 5.93. The molecule has 0 radical (unpaired) electrons. The van der Waals surface area contributed by atoms with E-state index in [-0.39, 0.29) is 6.10 Å². The van der Waals surface area contributed by atoms with E-state index in [2.05, 4.69) is 35.1 Å². The van der Waals surface area contributed by atoms with Crippen LogP contribution >= 0.6 is 15.9 Å². The summed E-state index contributed by atoms with van der Waals surface area (Å²) in [5.41, 5.74) is 1.16. The predicted octanol–water partition coefficient (Wildman–Crippen LogP) is 3.34. The summed E-state index contributed by atoms with van der Waals surface area (Å²) >= 11 is 3.55. The summed E-state index contributed by atoms with van der Waals surface area (Å²) < 4.78 is 6.77. The minimum absolute atomic E-state index is 0.211. The van der Waals surface area contributed by atoms with Gasteiger partial charge in [-0.2, -0.15) is 0 Å². The molecule has 0 aromatic heterocycles. The smallest absolute Gasteiger partial charge is 0.121 e. The van der Waals surface area contributed by atoms with E-state index in [0.29, 0.717) is 5.92 Å². The molecular formula is C15H24BrNO2. The van der Waals surface area contributed by atoms with Gasteiger partial charge in [0.15, 0.2) is 0 Å². The van der Waals surface area contributed by atoms with Crippen molar-refractivity contribution in [3.8, 4) is 5.75 Å². The van der Waals surface area contributed by atoms with Gasteiger partial charge in [-0.3, -0.25) is 0 Å². The van der Waals surface area contributed by atoms with Crippen molar-refractivity contribution in [3.63, 3.8) is 0 Å². The SMILES string of the molecule is CC(C)CNCc1cc(OC(C)C(C)O)ccc1Br. The second-order valence-corrected chi connectivity index (χ2v) is 6.20. The van der Waals surface area contributed by atoms with Gasteiger partial charge in [0, 0.05) is 11.0 Å². The number of rotatable bonds is 7. The first-order valence-corrected chi connectivity index (χ1v) is 7.53. The van der Waals surface area contributed by atoms with E-state index in [1.807, 2.05) is 25.1 Å². The second-order valence-electron chi connectivity index (χ2n) is 5.34. The van der Waals surface area contributed by atoms with E-state index in [1.54, 1.807) is 6.92 Å². The van der Waals surface area contributed by atoms with E-state index in [4.69, 9.17) is 4.74 Å². The average Bonchev–Trinajstić information content (AvgIpc) is 2.32. The molecule has 1 rings (SSSR count). The van der Waals surface area contributed by atoms with Crippen LogP contribution in [-0.4, -0.2) is 23.9 Å². The molecule has 0 heterocycles. The predicted molar refractivity (Wildman–Crippen MR) is 82.5 cm³/mol. The van der Waals surface area contributed by atoms with Crippen LogP contribution in [0.15, 0.2) is 22.7 Å². The van der Waals surface area contributed by atoms with E-state index in [1.165, 1.54) is 0 Å². The van der Waals surface area contributed by atoms with Crippen LogP contribution in [0.5, 0.6) is 5.75 Å². The zero-order valence-electron chi connectivity index (χ0n) is 12.1. The van der Waals surface area contributed by atoms with Crippen molar-refractivity contribution < 1.29 is 9.84 Å². The van der Waals surface area contributed by atoms with Gasteiger partial charge < -0.3 is 15.2 Å². The van der Waals surface area contributed by atoms with Crippen LogP contribution in [0.2, 0.25) is 0 Å². The largest absolute Gasteiger partial charge is 0.488 e. The van der Waals surface area contributed by atoms with Gasteiger partial charge in [-0.1, -0.05) is 29.8 Å². The molecule has 1 aromatic rings. The monoisotopic (exact) mass is 329 g/mol. The number of ether oxygens (including phenoxy) is 1. The Bertz CT molecular complexity index is 394. The summed E-state index contributed by atoms with van der Waals surface area (Å²) in [4.78, 5) is 0. The number of hydrogen-bond donors (Lipinski definition) is 2. The van der Waals surface area contributed by atoms with Gasteiger partial charge in [-0.25, -0.2) is 0 Å². The van der Waals surface area contributed by atoms with E-state index < -0.39 is 6.10 Å². The Balaban J connectivity index is 2.65. The third-order valence-corrected chi connectivity index (χ3v) is 3.66. The molecule has 0 saturated carbocycles. The van der Waals surface area contributed by atoms with E-state index >= 15 is 0 Å². The lowest BCUT2D eigenvalue weighted by molar-refractivity contribution is 0.0604. The van der Waals surface area contributed by atoms with E-state index in [9.17, 15) is 5.11 Å². The molecule has 0 amide bonds. The molecule has 3 nitrogen and oxygen atoms in total. The Morgan fingerprint density at radius 1 is 1.26 bits per heavy atom. The third-order valence-electron chi connectivity index (χ3n) is 2.89. The van der Waals surface area contributed by atoms with Crippen LogP contribution in [0.1, 0.15) is 33.3 Å². The molecule has 1 aromatic carbocycles. The van der Waals surface area contributed by atoms with Crippen molar-refractivity contribution in [2.45, 2.75) is 46.4 Å². The highest BCUT2D eigenvalue weighted by Crippen LogP contribution is 2.23. The lowest BCUT2D eigenvalue weighted by Crippen LogP contribution is -2.25. The Labute approximate surface area is 124 Å². The first kappa shape index (κ1) is 16.5. The van der Waals surface area contributed by atoms with Gasteiger partial charge in [0.05, 0.1) is 6.10 Å². The normalized spacial score (nSPS) is 14.5. The molecule has 0 bridgehead atoms. The fourth-order valence-corrected chi connectivity index (χ4v) is 1.96. The lowest BCUT2D eigenvalue weighted by Gasteiger charge is -2.18. The molecular weight excluding hydrogens is 306 g/mol. The highest BCUT2D eigenvalue weighted by Gasteiger charge is 2.11. The zero-order valence-corrected chi connectivity index (χ0v) is 13.7. The maximum absolute atomic E-state index is 9.46. The van der Waals surface area contributed by atoms with Crippen molar-refractivity contribution in [3.05, 3.63) is 28.2 Å². The Kier molecular flexibility index (Phi) is 6.83. The van der Waals surface area contributed by atoms with Crippen LogP contribution in [0, 0.1) is 5.92 Å². The molecule has 2 atom stereocenters. The lowest BCUT2D eigenvalue weighted by atomic mass is 10.2. The number of nitrogens with one attached hydrogen (secondary N) is 1. The van der Waals surface area contributed by atoms with Crippen molar-refractivity contribution in [1.29, 1.82) is 0 Å². The first-order chi connectivity index (χ1) is 8.90. The van der Waals surface area contributed by atoms with Crippen LogP contribution < -0.4 is 10.1 Å². The summed E-state index contributed by atoms with van der Waals surface area (Å²) in [5, 5.41) is 12.9. The molecule has 4 heteroatoms. The quantitative estimate of drug-likeness (QED) is 0.806. The van der Waals surface area contributed by atoms with Gasteiger partial charge in [0.25, 0.3) is 0 Å².